The Labute approximate surface area is 121 Å². The molecule has 0 fully saturated rings. The standard InChI is InChI=1S/C16H14N2O3/c1-10-6-5-9-12-13(10)17-14(11-7-3-2-4-8-11)15(16(12)19)18(20)21/h2-9,14-15,17H,1H3/t14-,15-/m1/s1. The quantitative estimate of drug-likeness (QED) is 0.679. The van der Waals surface area contributed by atoms with Crippen LogP contribution < -0.4 is 5.32 Å². The van der Waals surface area contributed by atoms with Crippen molar-refractivity contribution < 1.29 is 9.72 Å². The summed E-state index contributed by atoms with van der Waals surface area (Å²) in [5.74, 6) is -0.439. The number of nitrogens with one attached hydrogen (secondary N) is 1. The second-order valence-corrected chi connectivity index (χ2v) is 5.12. The molecule has 5 heteroatoms. The van der Waals surface area contributed by atoms with Crippen molar-refractivity contribution in [3.63, 3.8) is 0 Å². The number of carbonyl (C=O) groups is 1. The fraction of sp³-hybridized carbons (Fsp3) is 0.188. The van der Waals surface area contributed by atoms with Crippen LogP contribution in [-0.4, -0.2) is 16.7 Å². The lowest BCUT2D eigenvalue weighted by Crippen LogP contribution is -2.43. The normalized spacial score (nSPS) is 20.5. The number of anilines is 1. The first kappa shape index (κ1) is 13.3. The number of hydrogen-bond acceptors (Lipinski definition) is 4. The van der Waals surface area contributed by atoms with E-state index in [0.29, 0.717) is 11.3 Å². The molecule has 21 heavy (non-hydrogen) atoms. The van der Waals surface area contributed by atoms with Crippen molar-refractivity contribution in [2.75, 3.05) is 5.32 Å². The van der Waals surface area contributed by atoms with Crippen molar-refractivity contribution >= 4 is 11.5 Å². The Morgan fingerprint density at radius 2 is 1.81 bits per heavy atom. The van der Waals surface area contributed by atoms with E-state index >= 15 is 0 Å². The molecule has 0 amide bonds. The third-order valence-corrected chi connectivity index (χ3v) is 3.81. The maximum atomic E-state index is 12.5. The molecule has 0 aromatic heterocycles. The summed E-state index contributed by atoms with van der Waals surface area (Å²) in [7, 11) is 0. The van der Waals surface area contributed by atoms with Gasteiger partial charge < -0.3 is 5.32 Å². The number of Topliss-reactive ketones (excluding diaryl/α,β-unsaturated/α-hetero) is 1. The smallest absolute Gasteiger partial charge is 0.298 e. The van der Waals surface area contributed by atoms with E-state index in [1.165, 1.54) is 0 Å². The van der Waals surface area contributed by atoms with Gasteiger partial charge in [0.1, 0.15) is 6.04 Å². The second kappa shape index (κ2) is 5.01. The van der Waals surface area contributed by atoms with Gasteiger partial charge in [-0.05, 0) is 24.1 Å². The molecular weight excluding hydrogens is 268 g/mol. The summed E-state index contributed by atoms with van der Waals surface area (Å²) in [4.78, 5) is 23.4. The van der Waals surface area contributed by atoms with Crippen molar-refractivity contribution in [3.8, 4) is 0 Å². The molecule has 0 unspecified atom stereocenters. The number of nitrogens with zero attached hydrogens (tertiary/aromatic N) is 1. The van der Waals surface area contributed by atoms with Crippen molar-refractivity contribution in [2.45, 2.75) is 19.0 Å². The monoisotopic (exact) mass is 282 g/mol. The zero-order chi connectivity index (χ0) is 15.0. The van der Waals surface area contributed by atoms with Crippen molar-refractivity contribution in [2.24, 2.45) is 0 Å². The predicted molar refractivity (Wildman–Crippen MR) is 79.1 cm³/mol. The lowest BCUT2D eigenvalue weighted by molar-refractivity contribution is -0.508. The Bertz CT molecular complexity index is 713. The van der Waals surface area contributed by atoms with E-state index in [4.69, 9.17) is 0 Å². The summed E-state index contributed by atoms with van der Waals surface area (Å²) in [6, 6.07) is 12.4. The Morgan fingerprint density at radius 1 is 1.10 bits per heavy atom. The van der Waals surface area contributed by atoms with Gasteiger partial charge in [0.25, 0.3) is 6.04 Å². The van der Waals surface area contributed by atoms with Crippen LogP contribution in [0.1, 0.15) is 27.5 Å². The number of aryl methyl sites for hydroxylation is 1. The Morgan fingerprint density at radius 3 is 2.48 bits per heavy atom. The molecule has 2 atom stereocenters. The Balaban J connectivity index is 2.15. The van der Waals surface area contributed by atoms with E-state index in [9.17, 15) is 14.9 Å². The molecule has 5 nitrogen and oxygen atoms in total. The van der Waals surface area contributed by atoms with Crippen LogP contribution in [0.3, 0.4) is 0 Å². The van der Waals surface area contributed by atoms with Gasteiger partial charge in [-0.1, -0.05) is 42.5 Å². The van der Waals surface area contributed by atoms with Gasteiger partial charge in [-0.2, -0.15) is 0 Å². The van der Waals surface area contributed by atoms with E-state index in [1.807, 2.05) is 31.2 Å². The van der Waals surface area contributed by atoms with Crippen LogP contribution in [0.5, 0.6) is 0 Å². The highest BCUT2D eigenvalue weighted by Crippen LogP contribution is 2.35. The molecule has 0 saturated carbocycles. The third-order valence-electron chi connectivity index (χ3n) is 3.81. The molecule has 0 bridgehead atoms. The summed E-state index contributed by atoms with van der Waals surface area (Å²) in [5, 5.41) is 14.6. The minimum absolute atomic E-state index is 0.392. The van der Waals surface area contributed by atoms with Gasteiger partial charge in [-0.3, -0.25) is 14.9 Å². The highest BCUT2D eigenvalue weighted by Gasteiger charge is 2.45. The molecular formula is C16H14N2O3. The topological polar surface area (TPSA) is 72.2 Å². The molecule has 0 aliphatic carbocycles. The Kier molecular flexibility index (Phi) is 3.17. The average molecular weight is 282 g/mol. The van der Waals surface area contributed by atoms with E-state index in [1.54, 1.807) is 24.3 Å². The van der Waals surface area contributed by atoms with Gasteiger partial charge in [-0.25, -0.2) is 0 Å². The lowest BCUT2D eigenvalue weighted by Gasteiger charge is -2.29. The number of para-hydroxylation sites is 1. The first-order valence-corrected chi connectivity index (χ1v) is 6.68. The minimum Gasteiger partial charge on any atom is -0.371 e. The van der Waals surface area contributed by atoms with Crippen molar-refractivity contribution in [1.82, 2.24) is 0 Å². The van der Waals surface area contributed by atoms with Gasteiger partial charge in [0.05, 0.1) is 0 Å². The largest absolute Gasteiger partial charge is 0.371 e. The van der Waals surface area contributed by atoms with Crippen LogP contribution in [-0.2, 0) is 0 Å². The summed E-state index contributed by atoms with van der Waals surface area (Å²) >= 11 is 0. The number of fused-ring (bicyclic) bond motifs is 1. The predicted octanol–water partition coefficient (Wildman–Crippen LogP) is 2.99. The Hall–Kier alpha value is -2.69. The molecule has 0 saturated heterocycles. The zero-order valence-electron chi connectivity index (χ0n) is 11.4. The van der Waals surface area contributed by atoms with Gasteiger partial charge in [-0.15, -0.1) is 0 Å². The van der Waals surface area contributed by atoms with Crippen LogP contribution in [0.4, 0.5) is 5.69 Å². The van der Waals surface area contributed by atoms with Crippen molar-refractivity contribution in [3.05, 3.63) is 75.3 Å². The van der Waals surface area contributed by atoms with Gasteiger partial charge in [0.15, 0.2) is 0 Å². The molecule has 106 valence electrons. The molecule has 1 aliphatic rings. The maximum absolute atomic E-state index is 12.5. The molecule has 2 aromatic carbocycles. The molecule has 1 aliphatic heterocycles. The fourth-order valence-electron chi connectivity index (χ4n) is 2.75. The van der Waals surface area contributed by atoms with E-state index in [2.05, 4.69) is 5.32 Å². The van der Waals surface area contributed by atoms with Crippen molar-refractivity contribution in [1.29, 1.82) is 0 Å². The van der Waals surface area contributed by atoms with Crippen LogP contribution in [0.15, 0.2) is 48.5 Å². The molecule has 0 spiro atoms. The summed E-state index contributed by atoms with van der Waals surface area (Å²) in [6.07, 6.45) is 0. The number of ketones is 1. The number of nitro groups is 1. The first-order chi connectivity index (χ1) is 10.1. The summed E-state index contributed by atoms with van der Waals surface area (Å²) < 4.78 is 0. The fourth-order valence-corrected chi connectivity index (χ4v) is 2.75. The van der Waals surface area contributed by atoms with Gasteiger partial charge in [0, 0.05) is 16.2 Å². The van der Waals surface area contributed by atoms with Gasteiger partial charge in [0.2, 0.25) is 5.78 Å². The number of hydrogen-bond donors (Lipinski definition) is 1. The lowest BCUT2D eigenvalue weighted by atomic mass is 9.87. The van der Waals surface area contributed by atoms with Gasteiger partial charge >= 0.3 is 0 Å². The minimum atomic E-state index is -1.30. The average Bonchev–Trinajstić information content (AvgIpc) is 2.48. The van der Waals surface area contributed by atoms with Crippen LogP contribution in [0, 0.1) is 17.0 Å². The van der Waals surface area contributed by atoms with E-state index < -0.39 is 22.8 Å². The third kappa shape index (κ3) is 2.16. The zero-order valence-corrected chi connectivity index (χ0v) is 11.4. The molecule has 0 radical (unpaired) electrons. The van der Waals surface area contributed by atoms with E-state index in [-0.39, 0.29) is 0 Å². The first-order valence-electron chi connectivity index (χ1n) is 6.68. The molecule has 3 rings (SSSR count). The van der Waals surface area contributed by atoms with E-state index in [0.717, 1.165) is 11.1 Å². The highest BCUT2D eigenvalue weighted by atomic mass is 16.6. The summed E-state index contributed by atoms with van der Waals surface area (Å²) in [6.45, 7) is 1.88. The number of benzene rings is 2. The SMILES string of the molecule is Cc1cccc2c1N[C@H](c1ccccc1)[C@@H]([N+](=O)[O-])C2=O. The maximum Gasteiger partial charge on any atom is 0.298 e. The number of rotatable bonds is 2. The van der Waals surface area contributed by atoms with Crippen LogP contribution >= 0.6 is 0 Å². The highest BCUT2D eigenvalue weighted by molar-refractivity contribution is 6.07. The molecule has 1 heterocycles. The second-order valence-electron chi connectivity index (χ2n) is 5.12. The van der Waals surface area contributed by atoms with Crippen LogP contribution in [0.25, 0.3) is 0 Å². The number of carbonyl (C=O) groups excluding carboxylic acids is 1. The molecule has 1 N–H and O–H groups in total. The summed E-state index contributed by atoms with van der Waals surface area (Å²) in [5.41, 5.74) is 2.73. The van der Waals surface area contributed by atoms with Crippen LogP contribution in [0.2, 0.25) is 0 Å². The molecule has 2 aromatic rings.